The van der Waals surface area contributed by atoms with Gasteiger partial charge in [-0.3, -0.25) is 4.79 Å². The number of aromatic nitrogens is 3. The van der Waals surface area contributed by atoms with Crippen molar-refractivity contribution in [3.8, 4) is 22.1 Å². The van der Waals surface area contributed by atoms with E-state index in [0.717, 1.165) is 28.7 Å². The van der Waals surface area contributed by atoms with E-state index in [1.54, 1.807) is 6.20 Å². The molecule has 1 N–H and O–H groups in total. The van der Waals surface area contributed by atoms with Crippen molar-refractivity contribution >= 4 is 17.2 Å². The molecular weight excluding hydrogens is 378 g/mol. The van der Waals surface area contributed by atoms with Gasteiger partial charge in [0.15, 0.2) is 11.5 Å². The van der Waals surface area contributed by atoms with Crippen LogP contribution in [0.5, 0.6) is 11.5 Å². The highest BCUT2D eigenvalue weighted by Gasteiger charge is 2.32. The number of aryl methyl sites for hydroxylation is 1. The number of imidazole rings is 1. The summed E-state index contributed by atoms with van der Waals surface area (Å²) in [7, 11) is 1.94. The number of benzene rings is 1. The van der Waals surface area contributed by atoms with Gasteiger partial charge < -0.3 is 24.3 Å². The third-order valence-electron chi connectivity index (χ3n) is 5.00. The van der Waals surface area contributed by atoms with Crippen LogP contribution in [0.15, 0.2) is 36.0 Å². The normalized spacial score (nSPS) is 18.5. The molecule has 1 aromatic carbocycles. The quantitative estimate of drug-likeness (QED) is 0.729. The molecule has 0 spiro atoms. The molecule has 28 heavy (non-hydrogen) atoms. The molecule has 2 aromatic heterocycles. The summed E-state index contributed by atoms with van der Waals surface area (Å²) in [5.41, 5.74) is 1.37. The van der Waals surface area contributed by atoms with Gasteiger partial charge in [-0.1, -0.05) is 0 Å². The number of amides is 1. The van der Waals surface area contributed by atoms with Crippen molar-refractivity contribution in [2.24, 2.45) is 7.05 Å². The molecule has 1 saturated heterocycles. The van der Waals surface area contributed by atoms with Crippen molar-refractivity contribution in [1.82, 2.24) is 24.8 Å². The van der Waals surface area contributed by atoms with Gasteiger partial charge in [-0.05, 0) is 18.2 Å². The maximum absolute atomic E-state index is 13.2. The van der Waals surface area contributed by atoms with Gasteiger partial charge in [-0.2, -0.15) is 0 Å². The van der Waals surface area contributed by atoms with Gasteiger partial charge in [0.25, 0.3) is 5.91 Å². The second-order valence-electron chi connectivity index (χ2n) is 6.72. The Bertz CT molecular complexity index is 1030. The lowest BCUT2D eigenvalue weighted by molar-refractivity contribution is 0.0615. The van der Waals surface area contributed by atoms with Crippen molar-refractivity contribution in [2.45, 2.75) is 6.04 Å². The lowest BCUT2D eigenvalue weighted by Crippen LogP contribution is -2.49. The molecule has 1 unspecified atom stereocenters. The lowest BCUT2D eigenvalue weighted by atomic mass is 10.1. The van der Waals surface area contributed by atoms with Crippen LogP contribution in [0.1, 0.15) is 22.4 Å². The number of hydrogen-bond acceptors (Lipinski definition) is 7. The average molecular weight is 397 g/mol. The maximum Gasteiger partial charge on any atom is 0.274 e. The Morgan fingerprint density at radius 1 is 1.32 bits per heavy atom. The van der Waals surface area contributed by atoms with E-state index in [2.05, 4.69) is 15.3 Å². The zero-order chi connectivity index (χ0) is 19.1. The molecule has 1 amide bonds. The molecule has 8 nitrogen and oxygen atoms in total. The van der Waals surface area contributed by atoms with E-state index in [4.69, 9.17) is 9.47 Å². The predicted octanol–water partition coefficient (Wildman–Crippen LogP) is 2.06. The Balaban J connectivity index is 1.41. The van der Waals surface area contributed by atoms with Crippen LogP contribution in [-0.2, 0) is 7.05 Å². The summed E-state index contributed by atoms with van der Waals surface area (Å²) in [6.45, 7) is 2.28. The fourth-order valence-electron chi connectivity index (χ4n) is 3.56. The third-order valence-corrected chi connectivity index (χ3v) is 5.89. The number of carbonyl (C=O) groups is 1. The molecule has 1 fully saturated rings. The number of rotatable bonds is 3. The first kappa shape index (κ1) is 17.2. The minimum atomic E-state index is -0.114. The molecule has 0 bridgehead atoms. The number of piperazine rings is 1. The summed E-state index contributed by atoms with van der Waals surface area (Å²) in [5.74, 6) is 2.23. The number of ether oxygens (including phenoxy) is 2. The van der Waals surface area contributed by atoms with Gasteiger partial charge in [-0.25, -0.2) is 9.97 Å². The third kappa shape index (κ3) is 2.92. The van der Waals surface area contributed by atoms with Gasteiger partial charge in [0.05, 0.1) is 0 Å². The molecule has 0 radical (unpaired) electrons. The fourth-order valence-corrected chi connectivity index (χ4v) is 4.35. The van der Waals surface area contributed by atoms with E-state index in [9.17, 15) is 4.79 Å². The van der Waals surface area contributed by atoms with Crippen molar-refractivity contribution in [3.05, 3.63) is 47.5 Å². The minimum absolute atomic E-state index is 0.0715. The van der Waals surface area contributed by atoms with E-state index < -0.39 is 0 Å². The molecule has 2 aliphatic rings. The first-order chi connectivity index (χ1) is 13.7. The first-order valence-corrected chi connectivity index (χ1v) is 9.93. The maximum atomic E-state index is 13.2. The van der Waals surface area contributed by atoms with E-state index in [-0.39, 0.29) is 18.7 Å². The summed E-state index contributed by atoms with van der Waals surface area (Å²) < 4.78 is 12.8. The summed E-state index contributed by atoms with van der Waals surface area (Å²) in [4.78, 5) is 24.1. The first-order valence-electron chi connectivity index (χ1n) is 9.05. The highest BCUT2D eigenvalue weighted by Crippen LogP contribution is 2.37. The van der Waals surface area contributed by atoms with Crippen molar-refractivity contribution in [1.29, 1.82) is 0 Å². The van der Waals surface area contributed by atoms with Gasteiger partial charge >= 0.3 is 0 Å². The van der Waals surface area contributed by atoms with E-state index >= 15 is 0 Å². The van der Waals surface area contributed by atoms with Gasteiger partial charge in [0.2, 0.25) is 6.79 Å². The highest BCUT2D eigenvalue weighted by atomic mass is 32.1. The van der Waals surface area contributed by atoms with Crippen molar-refractivity contribution in [2.75, 3.05) is 26.4 Å². The summed E-state index contributed by atoms with van der Waals surface area (Å²) in [6, 6.07) is 5.59. The number of nitrogens with one attached hydrogen (secondary N) is 1. The largest absolute Gasteiger partial charge is 0.454 e. The average Bonchev–Trinajstić information content (AvgIpc) is 3.47. The number of fused-ring (bicyclic) bond motifs is 1. The monoisotopic (exact) mass is 397 g/mol. The Kier molecular flexibility index (Phi) is 4.25. The van der Waals surface area contributed by atoms with Crippen molar-refractivity contribution < 1.29 is 14.3 Å². The molecule has 144 valence electrons. The smallest absolute Gasteiger partial charge is 0.274 e. The molecule has 0 aliphatic carbocycles. The topological polar surface area (TPSA) is 81.5 Å². The Morgan fingerprint density at radius 2 is 2.21 bits per heavy atom. The SMILES string of the molecule is Cn1ccnc1C1CNCCN1C(=O)c1csc(-c2ccc3c(c2)OCO3)n1. The van der Waals surface area contributed by atoms with Crippen LogP contribution in [0.2, 0.25) is 0 Å². The second-order valence-corrected chi connectivity index (χ2v) is 7.58. The van der Waals surface area contributed by atoms with Crippen LogP contribution < -0.4 is 14.8 Å². The van der Waals surface area contributed by atoms with E-state index in [1.165, 1.54) is 11.3 Å². The Labute approximate surface area is 165 Å². The van der Waals surface area contributed by atoms with Gasteiger partial charge in [0, 0.05) is 50.0 Å². The number of thiazole rings is 1. The van der Waals surface area contributed by atoms with Crippen LogP contribution in [-0.4, -0.2) is 51.8 Å². The molecule has 4 heterocycles. The zero-order valence-electron chi connectivity index (χ0n) is 15.3. The van der Waals surface area contributed by atoms with Crippen LogP contribution in [0.25, 0.3) is 10.6 Å². The number of carbonyl (C=O) groups excluding carboxylic acids is 1. The van der Waals surface area contributed by atoms with Crippen LogP contribution in [0.4, 0.5) is 0 Å². The molecule has 0 saturated carbocycles. The Morgan fingerprint density at radius 3 is 3.07 bits per heavy atom. The molecule has 3 aromatic rings. The standard InChI is InChI=1S/C19H19N5O3S/c1-23-6-5-21-17(23)14-9-20-4-7-24(14)19(25)13-10-28-18(22-13)12-2-3-15-16(8-12)27-11-26-15/h2-3,5-6,8,10,14,20H,4,7,9,11H2,1H3. The molecule has 1 atom stereocenters. The van der Waals surface area contributed by atoms with E-state index in [1.807, 2.05) is 46.3 Å². The molecular formula is C19H19N5O3S. The fraction of sp³-hybridized carbons (Fsp3) is 0.316. The van der Waals surface area contributed by atoms with Crippen molar-refractivity contribution in [3.63, 3.8) is 0 Å². The molecule has 5 rings (SSSR count). The Hall–Kier alpha value is -2.91. The van der Waals surface area contributed by atoms with E-state index in [0.29, 0.717) is 24.5 Å². The van der Waals surface area contributed by atoms with Crippen LogP contribution in [0, 0.1) is 0 Å². The summed E-state index contributed by atoms with van der Waals surface area (Å²) in [5, 5.41) is 5.95. The number of hydrogen-bond donors (Lipinski definition) is 1. The summed E-state index contributed by atoms with van der Waals surface area (Å²) >= 11 is 1.45. The van der Waals surface area contributed by atoms with Crippen LogP contribution in [0.3, 0.4) is 0 Å². The minimum Gasteiger partial charge on any atom is -0.454 e. The van der Waals surface area contributed by atoms with Crippen LogP contribution >= 0.6 is 11.3 Å². The summed E-state index contributed by atoms with van der Waals surface area (Å²) in [6.07, 6.45) is 3.65. The molecule has 9 heteroatoms. The van der Waals surface area contributed by atoms with Gasteiger partial charge in [-0.15, -0.1) is 11.3 Å². The zero-order valence-corrected chi connectivity index (χ0v) is 16.1. The predicted molar refractivity (Wildman–Crippen MR) is 104 cm³/mol. The number of nitrogens with zero attached hydrogens (tertiary/aromatic N) is 4. The lowest BCUT2D eigenvalue weighted by Gasteiger charge is -2.35. The van der Waals surface area contributed by atoms with Gasteiger partial charge in [0.1, 0.15) is 22.6 Å². The highest BCUT2D eigenvalue weighted by molar-refractivity contribution is 7.13. The second kappa shape index (κ2) is 6.92. The molecule has 2 aliphatic heterocycles.